The summed E-state index contributed by atoms with van der Waals surface area (Å²) in [4.78, 5) is 37.7. The molecule has 0 spiro atoms. The lowest BCUT2D eigenvalue weighted by Gasteiger charge is -2.15. The van der Waals surface area contributed by atoms with Gasteiger partial charge in [0.2, 0.25) is 0 Å². The van der Waals surface area contributed by atoms with Crippen LogP contribution in [0.5, 0.6) is 17.2 Å². The van der Waals surface area contributed by atoms with Crippen LogP contribution in [0.3, 0.4) is 0 Å². The number of imide groups is 1. The first-order valence-electron chi connectivity index (χ1n) is 8.84. The van der Waals surface area contributed by atoms with Gasteiger partial charge in [0.25, 0.3) is 11.1 Å². The van der Waals surface area contributed by atoms with E-state index in [-0.39, 0.29) is 10.7 Å². The quantitative estimate of drug-likeness (QED) is 0.663. The first kappa shape index (κ1) is 21.3. The van der Waals surface area contributed by atoms with Crippen molar-refractivity contribution in [3.05, 3.63) is 52.9 Å². The van der Waals surface area contributed by atoms with Crippen molar-refractivity contribution >= 4 is 40.6 Å². The third kappa shape index (κ3) is 4.25. The van der Waals surface area contributed by atoms with E-state index < -0.39 is 23.2 Å². The predicted molar refractivity (Wildman–Crippen MR) is 112 cm³/mol. The standard InChI is InChI=1S/C21H19NO7S/c1-12(20(24)25)29-16-9-8-13(10-17(16)28-3)11-18-19(23)22(21(26)30-18)14-6-4-5-7-15(14)27-2/h4-12H,1-3H3,(H,24,25)/b18-11+. The lowest BCUT2D eigenvalue weighted by Crippen LogP contribution is -2.28. The molecule has 1 aliphatic heterocycles. The molecule has 1 N–H and O–H groups in total. The van der Waals surface area contributed by atoms with E-state index in [2.05, 4.69) is 0 Å². The van der Waals surface area contributed by atoms with Crippen molar-refractivity contribution in [2.24, 2.45) is 0 Å². The summed E-state index contributed by atoms with van der Waals surface area (Å²) in [6.45, 7) is 1.41. The third-order valence-electron chi connectivity index (χ3n) is 4.26. The molecule has 0 saturated carbocycles. The van der Waals surface area contributed by atoms with Gasteiger partial charge in [0.05, 0.1) is 24.8 Å². The maximum Gasteiger partial charge on any atom is 0.344 e. The number of hydrogen-bond acceptors (Lipinski definition) is 7. The summed E-state index contributed by atoms with van der Waals surface area (Å²) in [6.07, 6.45) is 0.509. The number of methoxy groups -OCH3 is 2. The molecule has 1 heterocycles. The topological polar surface area (TPSA) is 102 Å². The van der Waals surface area contributed by atoms with Crippen molar-refractivity contribution in [2.45, 2.75) is 13.0 Å². The SMILES string of the molecule is COc1cc(/C=C2/SC(=O)N(c3ccccc3OC)C2=O)ccc1OC(C)C(=O)O. The zero-order valence-corrected chi connectivity index (χ0v) is 17.3. The fourth-order valence-corrected chi connectivity index (χ4v) is 3.59. The van der Waals surface area contributed by atoms with Crippen molar-refractivity contribution in [3.63, 3.8) is 0 Å². The van der Waals surface area contributed by atoms with E-state index in [0.717, 1.165) is 16.7 Å². The second-order valence-electron chi connectivity index (χ2n) is 6.20. The highest BCUT2D eigenvalue weighted by Crippen LogP contribution is 2.40. The number of carboxylic acid groups (broad SMARTS) is 1. The summed E-state index contributed by atoms with van der Waals surface area (Å²) in [6, 6.07) is 11.6. The highest BCUT2D eigenvalue weighted by molar-refractivity contribution is 8.19. The van der Waals surface area contributed by atoms with Gasteiger partial charge in [-0.15, -0.1) is 0 Å². The van der Waals surface area contributed by atoms with E-state index in [1.54, 1.807) is 48.5 Å². The van der Waals surface area contributed by atoms with Gasteiger partial charge < -0.3 is 19.3 Å². The van der Waals surface area contributed by atoms with Gasteiger partial charge in [-0.25, -0.2) is 9.69 Å². The Balaban J connectivity index is 1.89. The minimum Gasteiger partial charge on any atom is -0.495 e. The van der Waals surface area contributed by atoms with Crippen LogP contribution in [0, 0.1) is 0 Å². The van der Waals surface area contributed by atoms with E-state index in [9.17, 15) is 14.4 Å². The second-order valence-corrected chi connectivity index (χ2v) is 7.19. The first-order chi connectivity index (χ1) is 14.3. The molecule has 0 bridgehead atoms. The summed E-state index contributed by atoms with van der Waals surface area (Å²) in [5.41, 5.74) is 0.961. The van der Waals surface area contributed by atoms with Gasteiger partial charge in [-0.3, -0.25) is 9.59 Å². The predicted octanol–water partition coefficient (Wildman–Crippen LogP) is 3.80. The van der Waals surface area contributed by atoms with Crippen LogP contribution < -0.4 is 19.1 Å². The molecule has 9 heteroatoms. The molecular formula is C21H19NO7S. The molecule has 1 fully saturated rings. The number of carboxylic acids is 1. The molecule has 8 nitrogen and oxygen atoms in total. The average molecular weight is 429 g/mol. The monoisotopic (exact) mass is 429 g/mol. The Bertz CT molecular complexity index is 1030. The molecule has 3 rings (SSSR count). The van der Waals surface area contributed by atoms with Gasteiger partial charge in [-0.1, -0.05) is 18.2 Å². The van der Waals surface area contributed by atoms with Crippen LogP contribution in [-0.4, -0.2) is 42.5 Å². The van der Waals surface area contributed by atoms with Crippen molar-refractivity contribution in [1.82, 2.24) is 0 Å². The number of rotatable bonds is 7. The first-order valence-corrected chi connectivity index (χ1v) is 9.65. The maximum atomic E-state index is 12.9. The Labute approximate surface area is 177 Å². The Hall–Kier alpha value is -3.46. The number of carbonyl (C=O) groups excluding carboxylic acids is 2. The van der Waals surface area contributed by atoms with Crippen LogP contribution in [0.4, 0.5) is 10.5 Å². The molecule has 0 aromatic heterocycles. The molecular weight excluding hydrogens is 410 g/mol. The normalized spacial score (nSPS) is 16.0. The summed E-state index contributed by atoms with van der Waals surface area (Å²) in [5, 5.41) is 8.57. The second kappa shape index (κ2) is 8.91. The number of para-hydroxylation sites is 2. The van der Waals surface area contributed by atoms with Gasteiger partial charge in [0.15, 0.2) is 17.6 Å². The van der Waals surface area contributed by atoms with Crippen molar-refractivity contribution in [3.8, 4) is 17.2 Å². The zero-order chi connectivity index (χ0) is 21.8. The number of amides is 2. The molecule has 0 aliphatic carbocycles. The highest BCUT2D eigenvalue weighted by Gasteiger charge is 2.37. The number of anilines is 1. The Morgan fingerprint density at radius 2 is 1.77 bits per heavy atom. The van der Waals surface area contributed by atoms with Gasteiger partial charge in [0, 0.05) is 0 Å². The summed E-state index contributed by atoms with van der Waals surface area (Å²) in [5.74, 6) is -0.594. The van der Waals surface area contributed by atoms with Gasteiger partial charge in [-0.2, -0.15) is 0 Å². The van der Waals surface area contributed by atoms with E-state index in [0.29, 0.717) is 22.7 Å². The minimum absolute atomic E-state index is 0.237. The fourth-order valence-electron chi connectivity index (χ4n) is 2.75. The van der Waals surface area contributed by atoms with E-state index in [1.165, 1.54) is 21.1 Å². The zero-order valence-electron chi connectivity index (χ0n) is 16.4. The van der Waals surface area contributed by atoms with Crippen LogP contribution in [0.15, 0.2) is 47.4 Å². The molecule has 1 atom stereocenters. The smallest absolute Gasteiger partial charge is 0.344 e. The van der Waals surface area contributed by atoms with E-state index in [1.807, 2.05) is 0 Å². The molecule has 2 aromatic rings. The number of aliphatic carboxylic acids is 1. The van der Waals surface area contributed by atoms with Gasteiger partial charge in [0.1, 0.15) is 5.75 Å². The summed E-state index contributed by atoms with van der Waals surface area (Å²) in [7, 11) is 2.89. The number of thioether (sulfide) groups is 1. The molecule has 156 valence electrons. The summed E-state index contributed by atoms with van der Waals surface area (Å²) < 4.78 is 15.9. The highest BCUT2D eigenvalue weighted by atomic mass is 32.2. The Kier molecular flexibility index (Phi) is 6.31. The largest absolute Gasteiger partial charge is 0.495 e. The van der Waals surface area contributed by atoms with Crippen LogP contribution in [0.25, 0.3) is 6.08 Å². The van der Waals surface area contributed by atoms with E-state index in [4.69, 9.17) is 19.3 Å². The number of benzene rings is 2. The number of nitrogens with zero attached hydrogens (tertiary/aromatic N) is 1. The third-order valence-corrected chi connectivity index (χ3v) is 5.13. The summed E-state index contributed by atoms with van der Waals surface area (Å²) >= 11 is 0.816. The molecule has 1 unspecified atom stereocenters. The van der Waals surface area contributed by atoms with Crippen molar-refractivity contribution in [1.29, 1.82) is 0 Å². The average Bonchev–Trinajstić information content (AvgIpc) is 3.01. The fraction of sp³-hybridized carbons (Fsp3) is 0.190. The number of ether oxygens (including phenoxy) is 3. The number of hydrogen-bond donors (Lipinski definition) is 1. The Morgan fingerprint density at radius 3 is 2.43 bits per heavy atom. The minimum atomic E-state index is -1.11. The molecule has 30 heavy (non-hydrogen) atoms. The Morgan fingerprint density at radius 1 is 1.07 bits per heavy atom. The van der Waals surface area contributed by atoms with Gasteiger partial charge >= 0.3 is 5.97 Å². The lowest BCUT2D eigenvalue weighted by atomic mass is 10.1. The molecule has 0 radical (unpaired) electrons. The van der Waals surface area contributed by atoms with Crippen molar-refractivity contribution in [2.75, 3.05) is 19.1 Å². The van der Waals surface area contributed by atoms with Crippen LogP contribution in [-0.2, 0) is 9.59 Å². The number of carbonyl (C=O) groups is 3. The van der Waals surface area contributed by atoms with Crippen LogP contribution in [0.1, 0.15) is 12.5 Å². The maximum absolute atomic E-state index is 12.9. The van der Waals surface area contributed by atoms with E-state index >= 15 is 0 Å². The molecule has 2 aromatic carbocycles. The lowest BCUT2D eigenvalue weighted by molar-refractivity contribution is -0.144. The van der Waals surface area contributed by atoms with Crippen molar-refractivity contribution < 1.29 is 33.7 Å². The molecule has 2 amide bonds. The van der Waals surface area contributed by atoms with Gasteiger partial charge in [-0.05, 0) is 54.6 Å². The molecule has 1 saturated heterocycles. The van der Waals surface area contributed by atoms with Crippen LogP contribution in [0.2, 0.25) is 0 Å². The van der Waals surface area contributed by atoms with Crippen LogP contribution >= 0.6 is 11.8 Å². The molecule has 1 aliphatic rings.